The van der Waals surface area contributed by atoms with Crippen LogP contribution in [-0.4, -0.2) is 0 Å². The average Bonchev–Trinajstić information content (AvgIpc) is 2.45. The Bertz CT molecular complexity index is 742. The Morgan fingerprint density at radius 2 is 1.45 bits per heavy atom. The summed E-state index contributed by atoms with van der Waals surface area (Å²) in [5.41, 5.74) is 1.56. The van der Waals surface area contributed by atoms with Gasteiger partial charge in [0.05, 0.1) is 4.83 Å². The summed E-state index contributed by atoms with van der Waals surface area (Å²) in [7, 11) is 0. The molecular weight excluding hydrogens is 322 g/mol. The number of fused-ring (bicyclic) bond motifs is 1. The summed E-state index contributed by atoms with van der Waals surface area (Å²) in [5, 5.41) is 2.17. The van der Waals surface area contributed by atoms with E-state index in [-0.39, 0.29) is 4.83 Å². The molecule has 0 nitrogen and oxygen atoms in total. The third kappa shape index (κ3) is 2.46. The van der Waals surface area contributed by atoms with Gasteiger partial charge in [0.25, 0.3) is 0 Å². The summed E-state index contributed by atoms with van der Waals surface area (Å²) >= 11 is 3.55. The molecule has 1 unspecified atom stereocenters. The van der Waals surface area contributed by atoms with E-state index in [0.717, 1.165) is 22.4 Å². The SMILES string of the molecule is Fc1cc(F)cc(C(Br)c2cccc3ccccc23)c1. The molecule has 0 saturated heterocycles. The zero-order chi connectivity index (χ0) is 14.1. The van der Waals surface area contributed by atoms with E-state index < -0.39 is 11.6 Å². The number of alkyl halides is 1. The molecule has 0 N–H and O–H groups in total. The van der Waals surface area contributed by atoms with Crippen molar-refractivity contribution in [2.24, 2.45) is 0 Å². The van der Waals surface area contributed by atoms with Gasteiger partial charge < -0.3 is 0 Å². The maximum atomic E-state index is 13.4. The van der Waals surface area contributed by atoms with Gasteiger partial charge in [-0.25, -0.2) is 8.78 Å². The highest BCUT2D eigenvalue weighted by molar-refractivity contribution is 9.09. The third-order valence-electron chi connectivity index (χ3n) is 3.27. The molecule has 0 radical (unpaired) electrons. The van der Waals surface area contributed by atoms with Crippen molar-refractivity contribution < 1.29 is 8.78 Å². The van der Waals surface area contributed by atoms with Gasteiger partial charge in [0.1, 0.15) is 11.6 Å². The minimum Gasteiger partial charge on any atom is -0.207 e. The highest BCUT2D eigenvalue weighted by Crippen LogP contribution is 2.35. The normalized spacial score (nSPS) is 12.6. The molecule has 0 spiro atoms. The number of benzene rings is 3. The van der Waals surface area contributed by atoms with E-state index in [1.54, 1.807) is 0 Å². The fraction of sp³-hybridized carbons (Fsp3) is 0.0588. The monoisotopic (exact) mass is 332 g/mol. The van der Waals surface area contributed by atoms with Gasteiger partial charge in [-0.3, -0.25) is 0 Å². The summed E-state index contributed by atoms with van der Waals surface area (Å²) in [4.78, 5) is -0.251. The standard InChI is InChI=1S/C17H11BrF2/c18-17(12-8-13(19)10-14(20)9-12)16-7-3-5-11-4-1-2-6-15(11)16/h1-10,17H. The molecule has 0 aliphatic rings. The van der Waals surface area contributed by atoms with Crippen LogP contribution in [0.25, 0.3) is 10.8 Å². The number of hydrogen-bond donors (Lipinski definition) is 0. The van der Waals surface area contributed by atoms with E-state index in [4.69, 9.17) is 0 Å². The molecule has 0 amide bonds. The molecule has 1 atom stereocenters. The van der Waals surface area contributed by atoms with Crippen molar-refractivity contribution in [3.05, 3.63) is 83.4 Å². The van der Waals surface area contributed by atoms with Gasteiger partial charge in [0.15, 0.2) is 0 Å². The van der Waals surface area contributed by atoms with Gasteiger partial charge in [-0.15, -0.1) is 0 Å². The predicted octanol–water partition coefficient (Wildman–Crippen LogP) is 5.60. The highest BCUT2D eigenvalue weighted by atomic mass is 79.9. The summed E-state index contributed by atoms with van der Waals surface area (Å²) in [6, 6.07) is 17.5. The fourth-order valence-electron chi connectivity index (χ4n) is 2.37. The first-order valence-electron chi connectivity index (χ1n) is 6.23. The van der Waals surface area contributed by atoms with Crippen molar-refractivity contribution in [1.29, 1.82) is 0 Å². The van der Waals surface area contributed by atoms with Crippen molar-refractivity contribution >= 4 is 26.7 Å². The molecule has 0 aliphatic carbocycles. The number of rotatable bonds is 2. The molecule has 0 fully saturated rings. The largest absolute Gasteiger partial charge is 0.207 e. The second-order valence-electron chi connectivity index (χ2n) is 4.63. The van der Waals surface area contributed by atoms with Gasteiger partial charge in [-0.2, -0.15) is 0 Å². The van der Waals surface area contributed by atoms with E-state index in [0.29, 0.717) is 5.56 Å². The Hall–Kier alpha value is -1.74. The van der Waals surface area contributed by atoms with Crippen LogP contribution in [0.4, 0.5) is 8.78 Å². The molecule has 3 rings (SSSR count). The van der Waals surface area contributed by atoms with E-state index >= 15 is 0 Å². The number of halogens is 3. The van der Waals surface area contributed by atoms with Crippen LogP contribution in [0.2, 0.25) is 0 Å². The molecule has 20 heavy (non-hydrogen) atoms. The molecule has 0 heterocycles. The molecule has 0 saturated carbocycles. The Kier molecular flexibility index (Phi) is 3.53. The first-order chi connectivity index (χ1) is 9.65. The number of hydrogen-bond acceptors (Lipinski definition) is 0. The molecule has 0 bridgehead atoms. The lowest BCUT2D eigenvalue weighted by Gasteiger charge is -2.14. The van der Waals surface area contributed by atoms with Crippen molar-refractivity contribution in [1.82, 2.24) is 0 Å². The van der Waals surface area contributed by atoms with Crippen molar-refractivity contribution in [3.8, 4) is 0 Å². The van der Waals surface area contributed by atoms with Crippen molar-refractivity contribution in [2.45, 2.75) is 4.83 Å². The van der Waals surface area contributed by atoms with E-state index in [1.807, 2.05) is 42.5 Å². The van der Waals surface area contributed by atoms with Gasteiger partial charge in [0.2, 0.25) is 0 Å². The highest BCUT2D eigenvalue weighted by Gasteiger charge is 2.15. The maximum Gasteiger partial charge on any atom is 0.126 e. The zero-order valence-electron chi connectivity index (χ0n) is 10.5. The second-order valence-corrected chi connectivity index (χ2v) is 5.55. The molecule has 100 valence electrons. The fourth-order valence-corrected chi connectivity index (χ4v) is 3.04. The quantitative estimate of drug-likeness (QED) is 0.535. The lowest BCUT2D eigenvalue weighted by Crippen LogP contribution is -1.96. The zero-order valence-corrected chi connectivity index (χ0v) is 12.1. The smallest absolute Gasteiger partial charge is 0.126 e. The van der Waals surface area contributed by atoms with Crippen LogP contribution in [-0.2, 0) is 0 Å². The summed E-state index contributed by atoms with van der Waals surface area (Å²) in [6.45, 7) is 0. The van der Waals surface area contributed by atoms with Gasteiger partial charge >= 0.3 is 0 Å². The Morgan fingerprint density at radius 1 is 0.800 bits per heavy atom. The Labute approximate surface area is 124 Å². The van der Waals surface area contributed by atoms with Crippen LogP contribution in [0.1, 0.15) is 16.0 Å². The van der Waals surface area contributed by atoms with Gasteiger partial charge in [0, 0.05) is 6.07 Å². The Balaban J connectivity index is 2.15. The third-order valence-corrected chi connectivity index (χ3v) is 4.30. The van der Waals surface area contributed by atoms with E-state index in [2.05, 4.69) is 15.9 Å². The van der Waals surface area contributed by atoms with Gasteiger partial charge in [-0.1, -0.05) is 58.4 Å². The summed E-state index contributed by atoms with van der Waals surface area (Å²) < 4.78 is 26.7. The predicted molar refractivity (Wildman–Crippen MR) is 81.1 cm³/mol. The van der Waals surface area contributed by atoms with E-state index in [1.165, 1.54) is 12.1 Å². The molecule has 3 aromatic rings. The first kappa shape index (κ1) is 13.3. The van der Waals surface area contributed by atoms with Crippen LogP contribution >= 0.6 is 15.9 Å². The van der Waals surface area contributed by atoms with E-state index in [9.17, 15) is 8.78 Å². The topological polar surface area (TPSA) is 0 Å². The average molecular weight is 333 g/mol. The molecule has 0 aliphatic heterocycles. The Morgan fingerprint density at radius 3 is 2.20 bits per heavy atom. The summed E-state index contributed by atoms with van der Waals surface area (Å²) in [5.74, 6) is -1.13. The second kappa shape index (κ2) is 5.33. The molecular formula is C17H11BrF2. The minimum atomic E-state index is -0.565. The lowest BCUT2D eigenvalue weighted by atomic mass is 9.98. The van der Waals surface area contributed by atoms with Crippen LogP contribution < -0.4 is 0 Å². The lowest BCUT2D eigenvalue weighted by molar-refractivity contribution is 0.580. The van der Waals surface area contributed by atoms with Crippen molar-refractivity contribution in [3.63, 3.8) is 0 Å². The molecule has 3 aromatic carbocycles. The van der Waals surface area contributed by atoms with Crippen LogP contribution in [0.15, 0.2) is 60.7 Å². The molecule has 0 aromatic heterocycles. The molecule has 3 heteroatoms. The maximum absolute atomic E-state index is 13.4. The summed E-state index contributed by atoms with van der Waals surface area (Å²) in [6.07, 6.45) is 0. The van der Waals surface area contributed by atoms with Crippen molar-refractivity contribution in [2.75, 3.05) is 0 Å². The van der Waals surface area contributed by atoms with Crippen LogP contribution in [0.3, 0.4) is 0 Å². The van der Waals surface area contributed by atoms with Gasteiger partial charge in [-0.05, 0) is 34.0 Å². The van der Waals surface area contributed by atoms with Crippen LogP contribution in [0.5, 0.6) is 0 Å². The minimum absolute atomic E-state index is 0.251. The van der Waals surface area contributed by atoms with Crippen LogP contribution in [0, 0.1) is 11.6 Å². The first-order valence-corrected chi connectivity index (χ1v) is 7.14.